The zero-order valence-corrected chi connectivity index (χ0v) is 12.0. The fourth-order valence-electron chi connectivity index (χ4n) is 1.66. The van der Waals surface area contributed by atoms with E-state index in [0.717, 1.165) is 0 Å². The third-order valence-corrected chi connectivity index (χ3v) is 3.67. The predicted molar refractivity (Wildman–Crippen MR) is 71.5 cm³/mol. The normalized spacial score (nSPS) is 15.9. The number of aliphatic hydroxyl groups is 1. The van der Waals surface area contributed by atoms with Crippen LogP contribution in [0.5, 0.6) is 11.5 Å². The summed E-state index contributed by atoms with van der Waals surface area (Å²) in [5.41, 5.74) is 0.239. The molecule has 1 aliphatic carbocycles. The first-order chi connectivity index (χ1) is 9.02. The van der Waals surface area contributed by atoms with Crippen LogP contribution in [0.3, 0.4) is 0 Å². The van der Waals surface area contributed by atoms with Gasteiger partial charge in [-0.3, -0.25) is 0 Å². The Morgan fingerprint density at radius 2 is 2.16 bits per heavy atom. The molecule has 0 spiro atoms. The molecule has 0 saturated heterocycles. The van der Waals surface area contributed by atoms with Gasteiger partial charge in [0.1, 0.15) is 0 Å². The van der Waals surface area contributed by atoms with Crippen molar-refractivity contribution in [2.45, 2.75) is 18.9 Å². The highest BCUT2D eigenvalue weighted by atomic mass is 79.9. The first-order valence-corrected chi connectivity index (χ1v) is 6.73. The number of hydrogen-bond acceptors (Lipinski definition) is 4. The Bertz CT molecular complexity index is 484. The van der Waals surface area contributed by atoms with Crippen LogP contribution in [-0.4, -0.2) is 29.9 Å². The van der Waals surface area contributed by atoms with Crippen molar-refractivity contribution in [1.29, 1.82) is 0 Å². The molecule has 1 atom stereocenters. The molecule has 19 heavy (non-hydrogen) atoms. The van der Waals surface area contributed by atoms with E-state index in [1.54, 1.807) is 6.07 Å². The first-order valence-electron chi connectivity index (χ1n) is 5.94. The molecule has 6 heteroatoms. The summed E-state index contributed by atoms with van der Waals surface area (Å²) in [6.07, 6.45) is 0.763. The van der Waals surface area contributed by atoms with Crippen molar-refractivity contribution in [1.82, 2.24) is 0 Å². The number of halogens is 1. The van der Waals surface area contributed by atoms with Crippen molar-refractivity contribution in [2.24, 2.45) is 5.92 Å². The molecule has 5 nitrogen and oxygen atoms in total. The molecule has 2 rings (SSSR count). The lowest BCUT2D eigenvalue weighted by molar-refractivity contribution is -0.147. The van der Waals surface area contributed by atoms with E-state index in [9.17, 15) is 9.90 Å². The molecule has 1 fully saturated rings. The Morgan fingerprint density at radius 3 is 2.68 bits per heavy atom. The summed E-state index contributed by atoms with van der Waals surface area (Å²) >= 11 is 3.24. The Hall–Kier alpha value is -1.27. The van der Waals surface area contributed by atoms with Crippen LogP contribution in [0.25, 0.3) is 0 Å². The van der Waals surface area contributed by atoms with Gasteiger partial charge in [-0.05, 0) is 30.9 Å². The van der Waals surface area contributed by atoms with E-state index in [0.29, 0.717) is 28.5 Å². The smallest absolute Gasteiger partial charge is 0.337 e. The zero-order chi connectivity index (χ0) is 14.0. The maximum Gasteiger partial charge on any atom is 0.337 e. The van der Waals surface area contributed by atoms with E-state index in [1.807, 2.05) is 0 Å². The lowest BCUT2D eigenvalue weighted by atomic mass is 10.1. The van der Waals surface area contributed by atoms with Crippen molar-refractivity contribution in [2.75, 3.05) is 13.7 Å². The highest BCUT2D eigenvalue weighted by Gasteiger charge is 2.24. The highest BCUT2D eigenvalue weighted by molar-refractivity contribution is 9.10. The molecule has 2 N–H and O–H groups in total. The first kappa shape index (κ1) is 14.1. The minimum absolute atomic E-state index is 0.239. The van der Waals surface area contributed by atoms with Crippen LogP contribution < -0.4 is 9.47 Å². The van der Waals surface area contributed by atoms with Gasteiger partial charge in [-0.15, -0.1) is 0 Å². The van der Waals surface area contributed by atoms with Crippen molar-refractivity contribution < 1.29 is 24.5 Å². The fourth-order valence-corrected chi connectivity index (χ4v) is 2.20. The van der Waals surface area contributed by atoms with Crippen molar-refractivity contribution in [3.63, 3.8) is 0 Å². The summed E-state index contributed by atoms with van der Waals surface area (Å²) in [4.78, 5) is 10.8. The van der Waals surface area contributed by atoms with E-state index < -0.39 is 12.1 Å². The van der Waals surface area contributed by atoms with Gasteiger partial charge in [0.15, 0.2) is 17.6 Å². The van der Waals surface area contributed by atoms with Gasteiger partial charge >= 0.3 is 5.97 Å². The van der Waals surface area contributed by atoms with Gasteiger partial charge in [0.25, 0.3) is 0 Å². The van der Waals surface area contributed by atoms with Crippen LogP contribution in [0.15, 0.2) is 16.6 Å². The van der Waals surface area contributed by atoms with Gasteiger partial charge in [0, 0.05) is 10.0 Å². The maximum atomic E-state index is 10.8. The average molecular weight is 331 g/mol. The van der Waals surface area contributed by atoms with Gasteiger partial charge in [0.2, 0.25) is 0 Å². The summed E-state index contributed by atoms with van der Waals surface area (Å²) in [7, 11) is 1.48. The third kappa shape index (κ3) is 3.39. The number of benzene rings is 1. The number of hydrogen-bond donors (Lipinski definition) is 2. The molecule has 0 bridgehead atoms. The number of carboxylic acids is 1. The summed E-state index contributed by atoms with van der Waals surface area (Å²) in [6, 6.07) is 3.10. The van der Waals surface area contributed by atoms with Crippen LogP contribution in [0.4, 0.5) is 0 Å². The molecule has 0 amide bonds. The van der Waals surface area contributed by atoms with E-state index in [2.05, 4.69) is 15.9 Å². The number of carbonyl (C=O) groups is 1. The number of rotatable bonds is 6. The standard InChI is InChI=1S/C13H15BrO5/c1-18-10-4-8(12(15)13(16)17)9(14)5-11(10)19-6-7-2-3-7/h4-5,7,12,15H,2-3,6H2,1H3,(H,16,17). The van der Waals surface area contributed by atoms with Crippen LogP contribution in [0.2, 0.25) is 0 Å². The molecule has 1 saturated carbocycles. The highest BCUT2D eigenvalue weighted by Crippen LogP contribution is 2.38. The number of methoxy groups -OCH3 is 1. The second kappa shape index (κ2) is 5.79. The molecular weight excluding hydrogens is 316 g/mol. The minimum Gasteiger partial charge on any atom is -0.493 e. The van der Waals surface area contributed by atoms with Crippen LogP contribution in [-0.2, 0) is 4.79 Å². The molecule has 0 aliphatic heterocycles. The molecule has 1 aromatic carbocycles. The number of aliphatic carboxylic acids is 1. The minimum atomic E-state index is -1.60. The average Bonchev–Trinajstić information content (AvgIpc) is 3.19. The predicted octanol–water partition coefficient (Wildman–Crippen LogP) is 2.36. The van der Waals surface area contributed by atoms with E-state index in [1.165, 1.54) is 26.0 Å². The summed E-state index contributed by atoms with van der Waals surface area (Å²) in [6.45, 7) is 0.629. The van der Waals surface area contributed by atoms with E-state index >= 15 is 0 Å². The Labute approximate surface area is 119 Å². The van der Waals surface area contributed by atoms with Crippen LogP contribution in [0, 0.1) is 5.92 Å². The SMILES string of the molecule is COc1cc(C(O)C(=O)O)c(Br)cc1OCC1CC1. The molecule has 1 aliphatic rings. The van der Waals surface area contributed by atoms with Crippen molar-refractivity contribution in [3.05, 3.63) is 22.2 Å². The number of carboxylic acid groups (broad SMARTS) is 1. The lowest BCUT2D eigenvalue weighted by Gasteiger charge is -2.15. The largest absolute Gasteiger partial charge is 0.493 e. The van der Waals surface area contributed by atoms with Crippen molar-refractivity contribution >= 4 is 21.9 Å². The van der Waals surface area contributed by atoms with Gasteiger partial charge in [0.05, 0.1) is 13.7 Å². The summed E-state index contributed by atoms with van der Waals surface area (Å²) < 4.78 is 11.3. The lowest BCUT2D eigenvalue weighted by Crippen LogP contribution is -2.11. The molecule has 0 heterocycles. The molecular formula is C13H15BrO5. The molecule has 104 valence electrons. The van der Waals surface area contributed by atoms with Gasteiger partial charge < -0.3 is 19.7 Å². The third-order valence-electron chi connectivity index (χ3n) is 2.98. The zero-order valence-electron chi connectivity index (χ0n) is 10.4. The molecule has 1 unspecified atom stereocenters. The van der Waals surface area contributed by atoms with E-state index in [-0.39, 0.29) is 5.56 Å². The number of aliphatic hydroxyl groups excluding tert-OH is 1. The molecule has 1 aromatic rings. The topological polar surface area (TPSA) is 76.0 Å². The van der Waals surface area contributed by atoms with Gasteiger partial charge in [-0.2, -0.15) is 0 Å². The fraction of sp³-hybridized carbons (Fsp3) is 0.462. The Kier molecular flexibility index (Phi) is 4.31. The van der Waals surface area contributed by atoms with Crippen LogP contribution >= 0.6 is 15.9 Å². The maximum absolute atomic E-state index is 10.8. The summed E-state index contributed by atoms with van der Waals surface area (Å²) in [5, 5.41) is 18.4. The summed E-state index contributed by atoms with van der Waals surface area (Å²) in [5.74, 6) is 0.254. The second-order valence-electron chi connectivity index (χ2n) is 4.52. The Balaban J connectivity index is 2.24. The molecule has 0 aromatic heterocycles. The van der Waals surface area contributed by atoms with Gasteiger partial charge in [-0.25, -0.2) is 4.79 Å². The second-order valence-corrected chi connectivity index (χ2v) is 5.37. The van der Waals surface area contributed by atoms with Gasteiger partial charge in [-0.1, -0.05) is 15.9 Å². The number of ether oxygens (including phenoxy) is 2. The monoisotopic (exact) mass is 330 g/mol. The van der Waals surface area contributed by atoms with Crippen molar-refractivity contribution in [3.8, 4) is 11.5 Å². The van der Waals surface area contributed by atoms with E-state index in [4.69, 9.17) is 14.6 Å². The molecule has 0 radical (unpaired) electrons. The van der Waals surface area contributed by atoms with Crippen LogP contribution in [0.1, 0.15) is 24.5 Å². The Morgan fingerprint density at radius 1 is 1.47 bits per heavy atom. The quantitative estimate of drug-likeness (QED) is 0.837.